The zero-order valence-electron chi connectivity index (χ0n) is 10.5. The maximum absolute atomic E-state index is 12.1. The van der Waals surface area contributed by atoms with E-state index < -0.39 is 0 Å². The molecule has 0 saturated carbocycles. The van der Waals surface area contributed by atoms with E-state index in [9.17, 15) is 4.79 Å². The molecule has 98 valence electrons. The van der Waals surface area contributed by atoms with Crippen LogP contribution in [0.25, 0.3) is 0 Å². The number of likely N-dealkylation sites (N-methyl/N-ethyl adjacent to an activating group) is 1. The molecule has 1 saturated heterocycles. The van der Waals surface area contributed by atoms with E-state index in [4.69, 9.17) is 0 Å². The fourth-order valence-corrected chi connectivity index (χ4v) is 2.24. The SMILES string of the molecule is CN(C(=O)CN1CCNCC1)c1ccc(Br)cc1. The molecule has 0 spiro atoms. The van der Waals surface area contributed by atoms with Crippen molar-refractivity contribution in [3.63, 3.8) is 0 Å². The molecule has 1 amide bonds. The molecule has 1 aromatic rings. The normalized spacial score (nSPS) is 16.6. The molecule has 1 aliphatic heterocycles. The van der Waals surface area contributed by atoms with Crippen molar-refractivity contribution in [2.75, 3.05) is 44.7 Å². The monoisotopic (exact) mass is 311 g/mol. The first-order valence-corrected chi connectivity index (χ1v) is 6.91. The average molecular weight is 312 g/mol. The van der Waals surface area contributed by atoms with Crippen molar-refractivity contribution in [2.45, 2.75) is 0 Å². The third-order valence-electron chi connectivity index (χ3n) is 3.16. The molecule has 1 heterocycles. The minimum absolute atomic E-state index is 0.138. The Morgan fingerprint density at radius 2 is 1.94 bits per heavy atom. The van der Waals surface area contributed by atoms with E-state index in [2.05, 4.69) is 26.1 Å². The van der Waals surface area contributed by atoms with Crippen molar-refractivity contribution in [3.8, 4) is 0 Å². The molecule has 0 bridgehead atoms. The fourth-order valence-electron chi connectivity index (χ4n) is 1.98. The molecule has 4 nitrogen and oxygen atoms in total. The van der Waals surface area contributed by atoms with Gasteiger partial charge < -0.3 is 10.2 Å². The van der Waals surface area contributed by atoms with Gasteiger partial charge >= 0.3 is 0 Å². The summed E-state index contributed by atoms with van der Waals surface area (Å²) in [5.74, 6) is 0.138. The van der Waals surface area contributed by atoms with Gasteiger partial charge in [0.05, 0.1) is 6.54 Å². The summed E-state index contributed by atoms with van der Waals surface area (Å²) in [6.45, 7) is 4.32. The van der Waals surface area contributed by atoms with Gasteiger partial charge in [-0.15, -0.1) is 0 Å². The van der Waals surface area contributed by atoms with Gasteiger partial charge in [0.25, 0.3) is 0 Å². The maximum Gasteiger partial charge on any atom is 0.240 e. The number of piperazine rings is 1. The van der Waals surface area contributed by atoms with Crippen LogP contribution in [0.5, 0.6) is 0 Å². The van der Waals surface area contributed by atoms with Gasteiger partial charge in [0.15, 0.2) is 0 Å². The average Bonchev–Trinajstić information content (AvgIpc) is 2.40. The molecule has 5 heteroatoms. The summed E-state index contributed by atoms with van der Waals surface area (Å²) >= 11 is 3.39. The number of benzene rings is 1. The molecule has 18 heavy (non-hydrogen) atoms. The van der Waals surface area contributed by atoms with Crippen LogP contribution < -0.4 is 10.2 Å². The Kier molecular flexibility index (Phi) is 4.74. The molecule has 1 N–H and O–H groups in total. The van der Waals surface area contributed by atoms with Crippen LogP contribution in [0.15, 0.2) is 28.7 Å². The van der Waals surface area contributed by atoms with Crippen molar-refractivity contribution in [1.82, 2.24) is 10.2 Å². The molecule has 2 rings (SSSR count). The molecule has 1 aliphatic rings. The van der Waals surface area contributed by atoms with Gasteiger partial charge in [0.1, 0.15) is 0 Å². The van der Waals surface area contributed by atoms with Crippen LogP contribution in [-0.4, -0.2) is 50.6 Å². The zero-order chi connectivity index (χ0) is 13.0. The van der Waals surface area contributed by atoms with Gasteiger partial charge in [-0.3, -0.25) is 9.69 Å². The van der Waals surface area contributed by atoms with Gasteiger partial charge in [-0.25, -0.2) is 0 Å². The first kappa shape index (κ1) is 13.5. The van der Waals surface area contributed by atoms with E-state index in [0.29, 0.717) is 6.54 Å². The highest BCUT2D eigenvalue weighted by Gasteiger charge is 2.17. The van der Waals surface area contributed by atoms with Crippen LogP contribution in [0.4, 0.5) is 5.69 Å². The Hall–Kier alpha value is -0.910. The molecule has 0 aliphatic carbocycles. The summed E-state index contributed by atoms with van der Waals surface area (Å²) in [6.07, 6.45) is 0. The predicted octanol–water partition coefficient (Wildman–Crippen LogP) is 1.32. The highest BCUT2D eigenvalue weighted by atomic mass is 79.9. The van der Waals surface area contributed by atoms with Crippen molar-refractivity contribution in [2.24, 2.45) is 0 Å². The quantitative estimate of drug-likeness (QED) is 0.914. The predicted molar refractivity (Wildman–Crippen MR) is 76.9 cm³/mol. The number of halogens is 1. The van der Waals surface area contributed by atoms with Crippen LogP contribution in [0.1, 0.15) is 0 Å². The van der Waals surface area contributed by atoms with Crippen molar-refractivity contribution in [1.29, 1.82) is 0 Å². The van der Waals surface area contributed by atoms with Gasteiger partial charge in [0.2, 0.25) is 5.91 Å². The summed E-state index contributed by atoms with van der Waals surface area (Å²) in [5.41, 5.74) is 0.929. The summed E-state index contributed by atoms with van der Waals surface area (Å²) < 4.78 is 1.02. The highest BCUT2D eigenvalue weighted by molar-refractivity contribution is 9.10. The number of nitrogens with one attached hydrogen (secondary N) is 1. The van der Waals surface area contributed by atoms with Crippen molar-refractivity contribution in [3.05, 3.63) is 28.7 Å². The molecular weight excluding hydrogens is 294 g/mol. The number of amides is 1. The van der Waals surface area contributed by atoms with Gasteiger partial charge in [0, 0.05) is 43.4 Å². The molecule has 0 unspecified atom stereocenters. The minimum Gasteiger partial charge on any atom is -0.314 e. The van der Waals surface area contributed by atoms with Crippen molar-refractivity contribution >= 4 is 27.5 Å². The van der Waals surface area contributed by atoms with E-state index in [0.717, 1.165) is 36.3 Å². The second-order valence-electron chi connectivity index (χ2n) is 4.46. The van der Waals surface area contributed by atoms with Gasteiger partial charge in [-0.05, 0) is 24.3 Å². The number of rotatable bonds is 3. The number of anilines is 1. The Morgan fingerprint density at radius 3 is 2.56 bits per heavy atom. The number of hydrogen-bond donors (Lipinski definition) is 1. The van der Waals surface area contributed by atoms with Gasteiger partial charge in [-0.1, -0.05) is 15.9 Å². The van der Waals surface area contributed by atoms with E-state index in [1.165, 1.54) is 0 Å². The lowest BCUT2D eigenvalue weighted by molar-refractivity contribution is -0.119. The topological polar surface area (TPSA) is 35.6 Å². The van der Waals surface area contributed by atoms with Crippen LogP contribution in [-0.2, 0) is 4.79 Å². The van der Waals surface area contributed by atoms with Gasteiger partial charge in [-0.2, -0.15) is 0 Å². The summed E-state index contributed by atoms with van der Waals surface area (Å²) in [4.78, 5) is 16.1. The van der Waals surface area contributed by atoms with Crippen LogP contribution in [0, 0.1) is 0 Å². The molecule has 1 fully saturated rings. The lowest BCUT2D eigenvalue weighted by Gasteiger charge is -2.28. The smallest absolute Gasteiger partial charge is 0.240 e. The minimum atomic E-state index is 0.138. The molecule has 1 aromatic carbocycles. The molecule has 0 aromatic heterocycles. The highest BCUT2D eigenvalue weighted by Crippen LogP contribution is 2.17. The van der Waals surface area contributed by atoms with Crippen LogP contribution >= 0.6 is 15.9 Å². The van der Waals surface area contributed by atoms with E-state index >= 15 is 0 Å². The molecule has 0 atom stereocenters. The fraction of sp³-hybridized carbons (Fsp3) is 0.462. The number of carbonyl (C=O) groups excluding carboxylic acids is 1. The molecule has 0 radical (unpaired) electrons. The first-order chi connectivity index (χ1) is 8.66. The second kappa shape index (κ2) is 6.31. The van der Waals surface area contributed by atoms with E-state index in [1.54, 1.807) is 4.90 Å². The largest absolute Gasteiger partial charge is 0.314 e. The third kappa shape index (κ3) is 3.54. The summed E-state index contributed by atoms with van der Waals surface area (Å²) in [5, 5.41) is 3.28. The number of carbonyl (C=O) groups is 1. The maximum atomic E-state index is 12.1. The Balaban J connectivity index is 1.93. The third-order valence-corrected chi connectivity index (χ3v) is 3.69. The van der Waals surface area contributed by atoms with E-state index in [-0.39, 0.29) is 5.91 Å². The number of nitrogens with zero attached hydrogens (tertiary/aromatic N) is 2. The van der Waals surface area contributed by atoms with Crippen LogP contribution in [0.3, 0.4) is 0 Å². The van der Waals surface area contributed by atoms with Crippen LogP contribution in [0.2, 0.25) is 0 Å². The standard InChI is InChI=1S/C13H18BrN3O/c1-16(12-4-2-11(14)3-5-12)13(18)10-17-8-6-15-7-9-17/h2-5,15H,6-10H2,1H3. The lowest BCUT2D eigenvalue weighted by atomic mass is 10.3. The Labute approximate surface area is 116 Å². The summed E-state index contributed by atoms with van der Waals surface area (Å²) in [7, 11) is 1.83. The Morgan fingerprint density at radius 1 is 1.33 bits per heavy atom. The van der Waals surface area contributed by atoms with Crippen molar-refractivity contribution < 1.29 is 4.79 Å². The molecular formula is C13H18BrN3O. The second-order valence-corrected chi connectivity index (χ2v) is 5.37. The first-order valence-electron chi connectivity index (χ1n) is 6.12. The Bertz CT molecular complexity index is 401. The summed E-state index contributed by atoms with van der Waals surface area (Å²) in [6, 6.07) is 7.79. The lowest BCUT2D eigenvalue weighted by Crippen LogP contribution is -2.47. The zero-order valence-corrected chi connectivity index (χ0v) is 12.1. The van der Waals surface area contributed by atoms with E-state index in [1.807, 2.05) is 31.3 Å². The number of hydrogen-bond acceptors (Lipinski definition) is 3.